The summed E-state index contributed by atoms with van der Waals surface area (Å²) in [6, 6.07) is 7.13. The van der Waals surface area contributed by atoms with Gasteiger partial charge in [-0.25, -0.2) is 4.79 Å². The second kappa shape index (κ2) is 12.7. The van der Waals surface area contributed by atoms with E-state index in [9.17, 15) is 39.3 Å². The van der Waals surface area contributed by atoms with Gasteiger partial charge in [0.05, 0.1) is 29.8 Å². The zero-order valence-electron chi connectivity index (χ0n) is 28.2. The van der Waals surface area contributed by atoms with Crippen LogP contribution in [0.4, 0.5) is 0 Å². The van der Waals surface area contributed by atoms with Gasteiger partial charge in [0.1, 0.15) is 17.8 Å². The second-order valence-corrected chi connectivity index (χ2v) is 14.3. The average molecular weight is 672 g/mol. The van der Waals surface area contributed by atoms with Gasteiger partial charge < -0.3 is 39.6 Å². The number of amides is 1. The molecule has 1 aromatic carbocycles. The Morgan fingerprint density at radius 3 is 2.23 bits per heavy atom. The van der Waals surface area contributed by atoms with Crippen LogP contribution in [0.15, 0.2) is 42.0 Å². The molecule has 12 unspecified atom stereocenters. The van der Waals surface area contributed by atoms with Crippen molar-refractivity contribution >= 4 is 29.6 Å². The van der Waals surface area contributed by atoms with Crippen LogP contribution in [0.3, 0.4) is 0 Å². The number of ketones is 1. The number of benzene rings is 1. The van der Waals surface area contributed by atoms with E-state index in [0.717, 1.165) is 6.92 Å². The van der Waals surface area contributed by atoms with Gasteiger partial charge in [-0.1, -0.05) is 32.0 Å². The Balaban J connectivity index is 1.56. The molecule has 2 saturated carbocycles. The van der Waals surface area contributed by atoms with Crippen LogP contribution in [-0.4, -0.2) is 99.3 Å². The molecule has 13 nitrogen and oxygen atoms in total. The first-order valence-corrected chi connectivity index (χ1v) is 16.3. The standard InChI is InChI=1S/C35H45NO12/c1-16(36-31(42)20-11-9-8-10-12-20)27(40)32(43)48-21-13-22-28(46-18(3)37)29(41)34(7)24(39)14-23-25(17(2)45-23)26(34)30(47-19(4)38)35(44,15-21)33(22,5)6/h8-13,16-17,21,23-28,30,39-40,44H,14-15H2,1-7H3,(H,36,42). The van der Waals surface area contributed by atoms with Crippen LogP contribution < -0.4 is 5.32 Å². The molecule has 12 atom stereocenters. The number of hydrogen-bond acceptors (Lipinski definition) is 12. The SMILES string of the molecule is CC(=O)OC1C(=O)C2(C)C(O)CC3OC(C)C3C2C(OC(C)=O)C2(O)CC(OC(=O)C(O)C(C)NC(=O)c3ccccc3)C=C1C2(C)C. The number of Topliss-reactive ketones (excluding diaryl/α,β-unsaturated/α-hetero) is 1. The van der Waals surface area contributed by atoms with Crippen molar-refractivity contribution in [3.8, 4) is 0 Å². The third-order valence-electron chi connectivity index (χ3n) is 11.1. The van der Waals surface area contributed by atoms with Crippen LogP contribution in [0.5, 0.6) is 0 Å². The summed E-state index contributed by atoms with van der Waals surface area (Å²) in [6.07, 6.45) is -7.21. The minimum absolute atomic E-state index is 0.0817. The molecule has 13 heteroatoms. The van der Waals surface area contributed by atoms with E-state index < -0.39 is 107 Å². The smallest absolute Gasteiger partial charge is 0.337 e. The molecule has 0 spiro atoms. The van der Waals surface area contributed by atoms with Crippen LogP contribution in [0.25, 0.3) is 0 Å². The highest BCUT2D eigenvalue weighted by atomic mass is 16.6. The molecule has 1 aromatic rings. The van der Waals surface area contributed by atoms with Crippen LogP contribution in [0.1, 0.15) is 71.7 Å². The van der Waals surface area contributed by atoms with Gasteiger partial charge in [-0.2, -0.15) is 0 Å². The lowest BCUT2D eigenvalue weighted by Gasteiger charge is -2.65. The van der Waals surface area contributed by atoms with Crippen molar-refractivity contribution in [2.24, 2.45) is 22.7 Å². The number of carbonyl (C=O) groups excluding carboxylic acids is 5. The first-order chi connectivity index (χ1) is 22.3. The van der Waals surface area contributed by atoms with E-state index in [0.29, 0.717) is 5.56 Å². The molecule has 1 amide bonds. The fourth-order valence-corrected chi connectivity index (χ4v) is 8.31. The van der Waals surface area contributed by atoms with Gasteiger partial charge in [-0.3, -0.25) is 19.2 Å². The van der Waals surface area contributed by atoms with Gasteiger partial charge in [0.2, 0.25) is 0 Å². The normalized spacial score (nSPS) is 37.8. The quantitative estimate of drug-likeness (QED) is 0.185. The maximum Gasteiger partial charge on any atom is 0.337 e. The van der Waals surface area contributed by atoms with E-state index >= 15 is 0 Å². The number of ether oxygens (including phenoxy) is 4. The largest absolute Gasteiger partial charge is 0.459 e. The van der Waals surface area contributed by atoms with E-state index in [1.807, 2.05) is 0 Å². The summed E-state index contributed by atoms with van der Waals surface area (Å²) in [7, 11) is 0. The summed E-state index contributed by atoms with van der Waals surface area (Å²) < 4.78 is 23.2. The maximum atomic E-state index is 14.7. The molecule has 0 radical (unpaired) electrons. The molecule has 0 aromatic heterocycles. The summed E-state index contributed by atoms with van der Waals surface area (Å²) >= 11 is 0. The van der Waals surface area contributed by atoms with E-state index in [2.05, 4.69) is 5.32 Å². The van der Waals surface area contributed by atoms with Crippen LogP contribution in [-0.2, 0) is 38.1 Å². The van der Waals surface area contributed by atoms with Gasteiger partial charge in [-0.05, 0) is 44.6 Å². The summed E-state index contributed by atoms with van der Waals surface area (Å²) in [6.45, 7) is 10.3. The summed E-state index contributed by atoms with van der Waals surface area (Å²) in [5.41, 5.74) is -4.74. The topological polar surface area (TPSA) is 195 Å². The van der Waals surface area contributed by atoms with Gasteiger partial charge in [0.15, 0.2) is 18.0 Å². The van der Waals surface area contributed by atoms with Gasteiger partial charge in [0.25, 0.3) is 5.91 Å². The second-order valence-electron chi connectivity index (χ2n) is 14.3. The van der Waals surface area contributed by atoms with Crippen molar-refractivity contribution < 1.29 is 58.2 Å². The molecule has 48 heavy (non-hydrogen) atoms. The molecule has 262 valence electrons. The fourth-order valence-electron chi connectivity index (χ4n) is 8.31. The number of aliphatic hydroxyl groups is 3. The maximum absolute atomic E-state index is 14.7. The van der Waals surface area contributed by atoms with Crippen LogP contribution >= 0.6 is 0 Å². The minimum atomic E-state index is -2.06. The van der Waals surface area contributed by atoms with Crippen molar-refractivity contribution in [2.45, 2.75) is 116 Å². The molecular formula is C35H45NO12. The number of esters is 3. The first-order valence-electron chi connectivity index (χ1n) is 16.3. The summed E-state index contributed by atoms with van der Waals surface area (Å²) in [5, 5.41) is 37.9. The number of fused-ring (bicyclic) bond motifs is 5. The first kappa shape index (κ1) is 35.7. The molecular weight excluding hydrogens is 626 g/mol. The number of rotatable bonds is 7. The highest BCUT2D eigenvalue weighted by Gasteiger charge is 2.73. The highest BCUT2D eigenvalue weighted by Crippen LogP contribution is 2.62. The predicted octanol–water partition coefficient (Wildman–Crippen LogP) is 1.40. The average Bonchev–Trinajstić information content (AvgIpc) is 3.01. The number of nitrogens with one attached hydrogen (secondary N) is 1. The van der Waals surface area contributed by atoms with Gasteiger partial charge >= 0.3 is 17.9 Å². The monoisotopic (exact) mass is 671 g/mol. The van der Waals surface area contributed by atoms with E-state index in [1.54, 1.807) is 51.1 Å². The van der Waals surface area contributed by atoms with E-state index in [-0.39, 0.29) is 18.4 Å². The molecule has 1 heterocycles. The predicted molar refractivity (Wildman–Crippen MR) is 167 cm³/mol. The van der Waals surface area contributed by atoms with Crippen molar-refractivity contribution in [1.82, 2.24) is 5.32 Å². The minimum Gasteiger partial charge on any atom is -0.459 e. The zero-order valence-corrected chi connectivity index (χ0v) is 28.2. The lowest BCUT2D eigenvalue weighted by molar-refractivity contribution is -0.301. The van der Waals surface area contributed by atoms with Crippen molar-refractivity contribution in [2.75, 3.05) is 0 Å². The Kier molecular flexibility index (Phi) is 9.41. The van der Waals surface area contributed by atoms with Crippen molar-refractivity contribution in [3.05, 3.63) is 47.5 Å². The molecule has 5 rings (SSSR count). The summed E-state index contributed by atoms with van der Waals surface area (Å²) in [5.74, 6) is -5.29. The van der Waals surface area contributed by atoms with E-state index in [1.165, 1.54) is 26.8 Å². The third kappa shape index (κ3) is 5.74. The Morgan fingerprint density at radius 2 is 1.65 bits per heavy atom. The molecule has 4 aliphatic rings. The summed E-state index contributed by atoms with van der Waals surface area (Å²) in [4.78, 5) is 65.9. The van der Waals surface area contributed by atoms with E-state index in [4.69, 9.17) is 18.9 Å². The van der Waals surface area contributed by atoms with Crippen LogP contribution in [0, 0.1) is 22.7 Å². The molecule has 2 bridgehead atoms. The molecule has 4 N–H and O–H groups in total. The molecule has 3 fully saturated rings. The Labute approximate surface area is 278 Å². The van der Waals surface area contributed by atoms with Crippen LogP contribution in [0.2, 0.25) is 0 Å². The van der Waals surface area contributed by atoms with Gasteiger partial charge in [0, 0.05) is 49.5 Å². The molecule has 3 aliphatic carbocycles. The lowest BCUT2D eigenvalue weighted by Crippen LogP contribution is -2.76. The Hall–Kier alpha value is -3.65. The highest BCUT2D eigenvalue weighted by molar-refractivity contribution is 5.95. The van der Waals surface area contributed by atoms with Gasteiger partial charge in [-0.15, -0.1) is 0 Å². The zero-order chi connectivity index (χ0) is 35.5. The number of carbonyl (C=O) groups is 5. The molecule has 1 aliphatic heterocycles. The number of aliphatic hydroxyl groups excluding tert-OH is 2. The van der Waals surface area contributed by atoms with Crippen molar-refractivity contribution in [1.29, 1.82) is 0 Å². The third-order valence-corrected chi connectivity index (χ3v) is 11.1. The molecule has 1 saturated heterocycles. The fraction of sp³-hybridized carbons (Fsp3) is 0.629. The van der Waals surface area contributed by atoms with Crippen molar-refractivity contribution in [3.63, 3.8) is 0 Å². The Morgan fingerprint density at radius 1 is 1.02 bits per heavy atom. The number of hydrogen-bond donors (Lipinski definition) is 4. The lowest BCUT2D eigenvalue weighted by atomic mass is 9.45. The Bertz CT molecular complexity index is 1510.